The van der Waals surface area contributed by atoms with E-state index in [1.54, 1.807) is 0 Å². The van der Waals surface area contributed by atoms with Crippen LogP contribution in [0.2, 0.25) is 0 Å². The molecule has 4 heteroatoms. The molecule has 1 aromatic rings. The van der Waals surface area contributed by atoms with E-state index in [0.29, 0.717) is 6.54 Å². The van der Waals surface area contributed by atoms with E-state index >= 15 is 0 Å². The van der Waals surface area contributed by atoms with Gasteiger partial charge in [-0.25, -0.2) is 0 Å². The van der Waals surface area contributed by atoms with Crippen molar-refractivity contribution in [3.63, 3.8) is 0 Å². The molecule has 4 nitrogen and oxygen atoms in total. The van der Waals surface area contributed by atoms with Crippen molar-refractivity contribution in [3.8, 4) is 6.07 Å². The second-order valence-corrected chi connectivity index (χ2v) is 4.08. The first-order chi connectivity index (χ1) is 7.81. The van der Waals surface area contributed by atoms with Gasteiger partial charge in [-0.15, -0.1) is 0 Å². The summed E-state index contributed by atoms with van der Waals surface area (Å²) in [7, 11) is 0. The molecule has 2 heterocycles. The first kappa shape index (κ1) is 10.9. The van der Waals surface area contributed by atoms with Crippen molar-refractivity contribution in [1.82, 2.24) is 9.88 Å². The highest BCUT2D eigenvalue weighted by molar-refractivity contribution is 5.51. The lowest BCUT2D eigenvalue weighted by molar-refractivity contribution is 0.287. The van der Waals surface area contributed by atoms with Crippen LogP contribution in [0.3, 0.4) is 0 Å². The van der Waals surface area contributed by atoms with Gasteiger partial charge in [0, 0.05) is 44.3 Å². The summed E-state index contributed by atoms with van der Waals surface area (Å²) in [6, 6.07) is 4.27. The highest BCUT2D eigenvalue weighted by Crippen LogP contribution is 2.19. The molecular formula is C12H16N4. The summed E-state index contributed by atoms with van der Waals surface area (Å²) in [5, 5.41) is 8.63. The van der Waals surface area contributed by atoms with Crippen LogP contribution >= 0.6 is 0 Å². The van der Waals surface area contributed by atoms with E-state index in [0.717, 1.165) is 26.2 Å². The number of aromatic nitrogens is 1. The van der Waals surface area contributed by atoms with Gasteiger partial charge in [0.05, 0.1) is 12.6 Å². The second-order valence-electron chi connectivity index (χ2n) is 4.08. The Morgan fingerprint density at radius 3 is 2.75 bits per heavy atom. The summed E-state index contributed by atoms with van der Waals surface area (Å²) in [5.74, 6) is 0. The zero-order valence-electron chi connectivity index (χ0n) is 9.56. The quantitative estimate of drug-likeness (QED) is 0.693. The topological polar surface area (TPSA) is 43.2 Å². The van der Waals surface area contributed by atoms with E-state index in [-0.39, 0.29) is 0 Å². The Balaban J connectivity index is 2.00. The Morgan fingerprint density at radius 1 is 1.38 bits per heavy atom. The number of hydrogen-bond donors (Lipinski definition) is 0. The molecule has 0 atom stereocenters. The number of rotatable bonds is 2. The number of pyridine rings is 1. The Morgan fingerprint density at radius 2 is 2.12 bits per heavy atom. The molecule has 0 radical (unpaired) electrons. The first-order valence-electron chi connectivity index (χ1n) is 5.56. The Bertz CT molecular complexity index is 388. The van der Waals surface area contributed by atoms with Crippen molar-refractivity contribution < 1.29 is 0 Å². The molecule has 1 aliphatic rings. The van der Waals surface area contributed by atoms with Crippen LogP contribution in [0, 0.1) is 18.3 Å². The van der Waals surface area contributed by atoms with Crippen LogP contribution in [0.4, 0.5) is 5.69 Å². The lowest BCUT2D eigenvalue weighted by Crippen LogP contribution is -2.46. The smallest absolute Gasteiger partial charge is 0.0867 e. The van der Waals surface area contributed by atoms with E-state index in [4.69, 9.17) is 5.26 Å². The van der Waals surface area contributed by atoms with Crippen molar-refractivity contribution in [3.05, 3.63) is 24.0 Å². The standard InChI is InChI=1S/C12H16N4/c1-11-10-14-4-2-12(11)16-8-6-15(5-3-13)7-9-16/h2,4,10H,5-9H2,1H3. The fraction of sp³-hybridized carbons (Fsp3) is 0.500. The van der Waals surface area contributed by atoms with Crippen LogP contribution in [0.25, 0.3) is 0 Å². The first-order valence-corrected chi connectivity index (χ1v) is 5.56. The molecule has 84 valence electrons. The van der Waals surface area contributed by atoms with Gasteiger partial charge in [-0.2, -0.15) is 5.26 Å². The Labute approximate surface area is 96.1 Å². The molecular weight excluding hydrogens is 200 g/mol. The number of nitrogens with zero attached hydrogens (tertiary/aromatic N) is 4. The Kier molecular flexibility index (Phi) is 3.37. The van der Waals surface area contributed by atoms with Gasteiger partial charge >= 0.3 is 0 Å². The summed E-state index contributed by atoms with van der Waals surface area (Å²) in [5.41, 5.74) is 2.49. The monoisotopic (exact) mass is 216 g/mol. The second kappa shape index (κ2) is 4.95. The van der Waals surface area contributed by atoms with E-state index < -0.39 is 0 Å². The SMILES string of the molecule is Cc1cnccc1N1CCN(CC#N)CC1. The molecule has 0 bridgehead atoms. The highest BCUT2D eigenvalue weighted by atomic mass is 15.3. The van der Waals surface area contributed by atoms with Crippen LogP contribution in [0.1, 0.15) is 5.56 Å². The molecule has 1 aromatic heterocycles. The van der Waals surface area contributed by atoms with Gasteiger partial charge in [-0.1, -0.05) is 0 Å². The lowest BCUT2D eigenvalue weighted by Gasteiger charge is -2.35. The summed E-state index contributed by atoms with van der Waals surface area (Å²) >= 11 is 0. The third kappa shape index (κ3) is 2.31. The van der Waals surface area contributed by atoms with Crippen molar-refractivity contribution >= 4 is 5.69 Å². The summed E-state index contributed by atoms with van der Waals surface area (Å²) in [6.45, 7) is 6.55. The summed E-state index contributed by atoms with van der Waals surface area (Å²) < 4.78 is 0. The number of piperazine rings is 1. The lowest BCUT2D eigenvalue weighted by atomic mass is 10.2. The van der Waals surface area contributed by atoms with Gasteiger partial charge < -0.3 is 4.90 Å². The fourth-order valence-corrected chi connectivity index (χ4v) is 2.07. The van der Waals surface area contributed by atoms with Crippen molar-refractivity contribution in [1.29, 1.82) is 5.26 Å². The van der Waals surface area contributed by atoms with Crippen molar-refractivity contribution in [2.75, 3.05) is 37.6 Å². The number of hydrogen-bond acceptors (Lipinski definition) is 4. The van der Waals surface area contributed by atoms with Gasteiger partial charge in [0.1, 0.15) is 0 Å². The molecule has 0 saturated carbocycles. The zero-order chi connectivity index (χ0) is 11.4. The molecule has 0 aromatic carbocycles. The number of aryl methyl sites for hydroxylation is 1. The van der Waals surface area contributed by atoms with Gasteiger partial charge in [-0.3, -0.25) is 9.88 Å². The average molecular weight is 216 g/mol. The predicted molar refractivity (Wildman–Crippen MR) is 63.2 cm³/mol. The average Bonchev–Trinajstić information content (AvgIpc) is 2.31. The van der Waals surface area contributed by atoms with Gasteiger partial charge in [0.25, 0.3) is 0 Å². The molecule has 1 saturated heterocycles. The predicted octanol–water partition coefficient (Wildman–Crippen LogP) is 1.04. The normalized spacial score (nSPS) is 17.1. The van der Waals surface area contributed by atoms with Crippen LogP contribution in [0.5, 0.6) is 0 Å². The molecule has 2 rings (SSSR count). The number of anilines is 1. The van der Waals surface area contributed by atoms with E-state index in [1.807, 2.05) is 12.4 Å². The van der Waals surface area contributed by atoms with E-state index in [9.17, 15) is 0 Å². The molecule has 1 aliphatic heterocycles. The number of nitriles is 1. The maximum atomic E-state index is 8.63. The summed E-state index contributed by atoms with van der Waals surface area (Å²) in [6.07, 6.45) is 3.74. The van der Waals surface area contributed by atoms with Crippen LogP contribution in [0.15, 0.2) is 18.5 Å². The third-order valence-electron chi connectivity index (χ3n) is 3.00. The summed E-state index contributed by atoms with van der Waals surface area (Å²) in [4.78, 5) is 8.66. The van der Waals surface area contributed by atoms with Gasteiger partial charge in [-0.05, 0) is 18.6 Å². The van der Waals surface area contributed by atoms with E-state index in [1.165, 1.54) is 11.3 Å². The minimum atomic E-state index is 0.545. The Hall–Kier alpha value is -1.60. The maximum absolute atomic E-state index is 8.63. The van der Waals surface area contributed by atoms with Crippen molar-refractivity contribution in [2.24, 2.45) is 0 Å². The van der Waals surface area contributed by atoms with Crippen LogP contribution < -0.4 is 4.90 Å². The molecule has 0 aliphatic carbocycles. The van der Waals surface area contributed by atoms with Gasteiger partial charge in [0.2, 0.25) is 0 Å². The molecule has 0 unspecified atom stereocenters. The minimum Gasteiger partial charge on any atom is -0.369 e. The van der Waals surface area contributed by atoms with Gasteiger partial charge in [0.15, 0.2) is 0 Å². The molecule has 0 spiro atoms. The van der Waals surface area contributed by atoms with Crippen LogP contribution in [-0.2, 0) is 0 Å². The van der Waals surface area contributed by atoms with E-state index in [2.05, 4.69) is 33.8 Å². The molecule has 0 amide bonds. The molecule has 1 fully saturated rings. The highest BCUT2D eigenvalue weighted by Gasteiger charge is 2.17. The molecule has 16 heavy (non-hydrogen) atoms. The third-order valence-corrected chi connectivity index (χ3v) is 3.00. The fourth-order valence-electron chi connectivity index (χ4n) is 2.07. The minimum absolute atomic E-state index is 0.545. The largest absolute Gasteiger partial charge is 0.369 e. The van der Waals surface area contributed by atoms with Crippen LogP contribution in [-0.4, -0.2) is 42.6 Å². The maximum Gasteiger partial charge on any atom is 0.0867 e. The van der Waals surface area contributed by atoms with Crippen molar-refractivity contribution in [2.45, 2.75) is 6.92 Å². The zero-order valence-corrected chi connectivity index (χ0v) is 9.56. The molecule has 0 N–H and O–H groups in total.